The van der Waals surface area contributed by atoms with Gasteiger partial charge in [-0.1, -0.05) is 54.6 Å². The van der Waals surface area contributed by atoms with E-state index in [1.807, 2.05) is 72.1 Å². The zero-order valence-corrected chi connectivity index (χ0v) is 17.6. The zero-order chi connectivity index (χ0) is 21.0. The Morgan fingerprint density at radius 3 is 2.33 bits per heavy atom. The third kappa shape index (κ3) is 7.04. The van der Waals surface area contributed by atoms with Gasteiger partial charge in [-0.25, -0.2) is 0 Å². The molecule has 2 aromatic carbocycles. The highest BCUT2D eigenvalue weighted by Gasteiger charge is 2.22. The molecule has 0 bridgehead atoms. The number of rotatable bonds is 11. The Labute approximate surface area is 181 Å². The summed E-state index contributed by atoms with van der Waals surface area (Å²) in [6, 6.07) is 22.3. The van der Waals surface area contributed by atoms with Crippen LogP contribution < -0.4 is 15.4 Å². The van der Waals surface area contributed by atoms with Crippen molar-refractivity contribution in [3.05, 3.63) is 88.6 Å². The fourth-order valence-corrected chi connectivity index (χ4v) is 3.59. The maximum Gasteiger partial charge on any atom is 0.262 e. The number of nitrogens with one attached hydrogen (secondary N) is 2. The molecule has 0 saturated heterocycles. The lowest BCUT2D eigenvalue weighted by atomic mass is 10.0. The van der Waals surface area contributed by atoms with E-state index < -0.39 is 6.04 Å². The predicted molar refractivity (Wildman–Crippen MR) is 120 cm³/mol. The molecule has 0 aliphatic carbocycles. The summed E-state index contributed by atoms with van der Waals surface area (Å²) in [5.41, 5.74) is 1.00. The summed E-state index contributed by atoms with van der Waals surface area (Å²) in [5, 5.41) is 7.67. The van der Waals surface area contributed by atoms with Crippen LogP contribution in [0.3, 0.4) is 0 Å². The van der Waals surface area contributed by atoms with Gasteiger partial charge in [-0.3, -0.25) is 9.59 Å². The Morgan fingerprint density at radius 2 is 1.63 bits per heavy atom. The Kier molecular flexibility index (Phi) is 8.47. The van der Waals surface area contributed by atoms with Crippen LogP contribution in [0.1, 0.15) is 28.1 Å². The molecule has 1 heterocycles. The van der Waals surface area contributed by atoms with E-state index in [4.69, 9.17) is 4.74 Å². The van der Waals surface area contributed by atoms with Crippen molar-refractivity contribution >= 4 is 23.2 Å². The molecule has 0 aliphatic rings. The average molecular weight is 423 g/mol. The quantitative estimate of drug-likeness (QED) is 0.458. The number of carbonyl (C=O) groups excluding carboxylic acids is 2. The third-order valence-corrected chi connectivity index (χ3v) is 5.40. The number of hydrogen-bond donors (Lipinski definition) is 2. The van der Waals surface area contributed by atoms with E-state index >= 15 is 0 Å². The van der Waals surface area contributed by atoms with Crippen molar-refractivity contribution in [1.82, 2.24) is 10.6 Å². The van der Waals surface area contributed by atoms with Crippen LogP contribution in [0.4, 0.5) is 0 Å². The van der Waals surface area contributed by atoms with Gasteiger partial charge in [-0.2, -0.15) is 0 Å². The van der Waals surface area contributed by atoms with Crippen LogP contribution in [0.25, 0.3) is 0 Å². The second-order valence-corrected chi connectivity index (χ2v) is 7.80. The molecule has 156 valence electrons. The lowest BCUT2D eigenvalue weighted by Crippen LogP contribution is -2.48. The summed E-state index contributed by atoms with van der Waals surface area (Å²) in [4.78, 5) is 25.8. The van der Waals surface area contributed by atoms with E-state index in [9.17, 15) is 9.59 Å². The summed E-state index contributed by atoms with van der Waals surface area (Å²) in [5.74, 6) is 0.450. The summed E-state index contributed by atoms with van der Waals surface area (Å²) in [6.07, 6.45) is 2.08. The molecule has 0 spiro atoms. The van der Waals surface area contributed by atoms with Crippen LogP contribution in [-0.4, -0.2) is 31.0 Å². The molecular formula is C24H26N2O3S. The summed E-state index contributed by atoms with van der Waals surface area (Å²) in [6.45, 7) is 1.14. The lowest BCUT2D eigenvalue weighted by molar-refractivity contribution is -0.122. The molecular weight excluding hydrogens is 396 g/mol. The van der Waals surface area contributed by atoms with Crippen molar-refractivity contribution in [1.29, 1.82) is 0 Å². The molecule has 0 saturated carbocycles. The van der Waals surface area contributed by atoms with E-state index in [2.05, 4.69) is 10.6 Å². The van der Waals surface area contributed by atoms with Gasteiger partial charge < -0.3 is 15.4 Å². The third-order valence-electron chi connectivity index (χ3n) is 4.53. The van der Waals surface area contributed by atoms with Crippen LogP contribution in [0, 0.1) is 0 Å². The maximum atomic E-state index is 12.8. The van der Waals surface area contributed by atoms with Gasteiger partial charge in [0.1, 0.15) is 11.8 Å². The fraction of sp³-hybridized carbons (Fsp3) is 0.250. The normalized spacial score (nSPS) is 11.5. The summed E-state index contributed by atoms with van der Waals surface area (Å²) >= 11 is 1.36. The van der Waals surface area contributed by atoms with Gasteiger partial charge in [0.15, 0.2) is 0 Å². The number of thiophene rings is 1. The lowest BCUT2D eigenvalue weighted by Gasteiger charge is -2.18. The first kappa shape index (κ1) is 21.6. The van der Waals surface area contributed by atoms with Crippen molar-refractivity contribution in [2.45, 2.75) is 25.3 Å². The molecule has 0 radical (unpaired) electrons. The van der Waals surface area contributed by atoms with Gasteiger partial charge in [0, 0.05) is 13.0 Å². The van der Waals surface area contributed by atoms with Crippen LogP contribution >= 0.6 is 11.3 Å². The Hall–Kier alpha value is -3.12. The van der Waals surface area contributed by atoms with E-state index in [0.29, 0.717) is 24.4 Å². The molecule has 5 nitrogen and oxygen atoms in total. The maximum absolute atomic E-state index is 12.8. The predicted octanol–water partition coefficient (Wildman–Crippen LogP) is 4.06. The highest BCUT2D eigenvalue weighted by Crippen LogP contribution is 2.11. The molecule has 1 atom stereocenters. The van der Waals surface area contributed by atoms with Crippen molar-refractivity contribution in [3.8, 4) is 5.75 Å². The molecule has 6 heteroatoms. The number of ether oxygens (including phenoxy) is 1. The fourth-order valence-electron chi connectivity index (χ4n) is 2.96. The number of amides is 2. The second kappa shape index (κ2) is 11.8. The molecule has 0 unspecified atom stereocenters. The first-order chi connectivity index (χ1) is 14.7. The molecule has 0 aliphatic heterocycles. The SMILES string of the molecule is O=C(N[C@@H](Cc1ccccc1)C(=O)NCCCCOc1ccccc1)c1cccs1. The minimum Gasteiger partial charge on any atom is -0.494 e. The Balaban J connectivity index is 1.46. The summed E-state index contributed by atoms with van der Waals surface area (Å²) in [7, 11) is 0. The Morgan fingerprint density at radius 1 is 0.900 bits per heavy atom. The van der Waals surface area contributed by atoms with Crippen molar-refractivity contribution in [3.63, 3.8) is 0 Å². The van der Waals surface area contributed by atoms with Gasteiger partial charge >= 0.3 is 0 Å². The zero-order valence-electron chi connectivity index (χ0n) is 16.8. The van der Waals surface area contributed by atoms with Crippen LogP contribution in [0.2, 0.25) is 0 Å². The second-order valence-electron chi connectivity index (χ2n) is 6.85. The monoisotopic (exact) mass is 422 g/mol. The first-order valence-corrected chi connectivity index (χ1v) is 10.9. The van der Waals surface area contributed by atoms with E-state index in [0.717, 1.165) is 24.2 Å². The molecule has 2 amide bonds. The van der Waals surface area contributed by atoms with Gasteiger partial charge in [0.05, 0.1) is 11.5 Å². The minimum atomic E-state index is -0.623. The highest BCUT2D eigenvalue weighted by molar-refractivity contribution is 7.12. The molecule has 1 aromatic heterocycles. The number of para-hydroxylation sites is 1. The number of hydrogen-bond acceptors (Lipinski definition) is 4. The van der Waals surface area contributed by atoms with Crippen molar-refractivity contribution in [2.75, 3.05) is 13.2 Å². The van der Waals surface area contributed by atoms with Gasteiger partial charge in [0.25, 0.3) is 5.91 Å². The topological polar surface area (TPSA) is 67.4 Å². The molecule has 3 rings (SSSR count). The molecule has 30 heavy (non-hydrogen) atoms. The van der Waals surface area contributed by atoms with Crippen LogP contribution in [0.15, 0.2) is 78.2 Å². The van der Waals surface area contributed by atoms with Crippen LogP contribution in [0.5, 0.6) is 5.75 Å². The summed E-state index contributed by atoms with van der Waals surface area (Å²) < 4.78 is 5.66. The highest BCUT2D eigenvalue weighted by atomic mass is 32.1. The van der Waals surface area contributed by atoms with E-state index in [1.54, 1.807) is 6.07 Å². The van der Waals surface area contributed by atoms with E-state index in [1.165, 1.54) is 11.3 Å². The smallest absolute Gasteiger partial charge is 0.262 e. The van der Waals surface area contributed by atoms with Crippen molar-refractivity contribution < 1.29 is 14.3 Å². The number of unbranched alkanes of at least 4 members (excludes halogenated alkanes) is 1. The Bertz CT molecular complexity index is 899. The first-order valence-electron chi connectivity index (χ1n) is 10.1. The van der Waals surface area contributed by atoms with Gasteiger partial charge in [-0.05, 0) is 42.0 Å². The van der Waals surface area contributed by atoms with E-state index in [-0.39, 0.29) is 11.8 Å². The molecule has 0 fully saturated rings. The molecule has 2 N–H and O–H groups in total. The minimum absolute atomic E-state index is 0.173. The average Bonchev–Trinajstić information content (AvgIpc) is 3.32. The van der Waals surface area contributed by atoms with Gasteiger partial charge in [-0.15, -0.1) is 11.3 Å². The largest absolute Gasteiger partial charge is 0.494 e. The van der Waals surface area contributed by atoms with Gasteiger partial charge in [0.2, 0.25) is 5.91 Å². The standard InChI is InChI=1S/C24H26N2O3S/c27-23(25-15-7-8-16-29-20-12-5-2-6-13-20)21(18-19-10-3-1-4-11-19)26-24(28)22-14-9-17-30-22/h1-6,9-14,17,21H,7-8,15-16,18H2,(H,25,27)(H,26,28)/t21-/m0/s1. The van der Waals surface area contributed by atoms with Crippen LogP contribution in [-0.2, 0) is 11.2 Å². The van der Waals surface area contributed by atoms with Crippen molar-refractivity contribution in [2.24, 2.45) is 0 Å². The number of carbonyl (C=O) groups is 2. The number of benzene rings is 2. The molecule has 3 aromatic rings.